The largest absolute Gasteiger partial charge is 0.473 e. The lowest BCUT2D eigenvalue weighted by molar-refractivity contribution is 0.291. The van der Waals surface area contributed by atoms with Gasteiger partial charge >= 0.3 is 0 Å². The van der Waals surface area contributed by atoms with Crippen LogP contribution in [0.2, 0.25) is 5.02 Å². The van der Waals surface area contributed by atoms with E-state index in [9.17, 15) is 0 Å². The zero-order chi connectivity index (χ0) is 30.1. The van der Waals surface area contributed by atoms with Gasteiger partial charge in [0.05, 0.1) is 5.52 Å². The summed E-state index contributed by atoms with van der Waals surface area (Å²) in [6, 6.07) is 20.8. The number of aryl methyl sites for hydroxylation is 2. The topological polar surface area (TPSA) is 73.1 Å². The minimum absolute atomic E-state index is 0.201. The first kappa shape index (κ1) is 30.9. The van der Waals surface area contributed by atoms with E-state index < -0.39 is 0 Å². The Morgan fingerprint density at radius 1 is 0.841 bits per heavy atom. The fourth-order valence-corrected chi connectivity index (χ4v) is 7.33. The lowest BCUT2D eigenvalue weighted by Crippen LogP contribution is -2.31. The first-order valence-corrected chi connectivity index (χ1v) is 17.3. The van der Waals surface area contributed by atoms with Crippen molar-refractivity contribution in [3.8, 4) is 5.88 Å². The summed E-state index contributed by atoms with van der Waals surface area (Å²) in [6.45, 7) is 1.55. The number of rotatable bonds is 14. The van der Waals surface area contributed by atoms with Gasteiger partial charge in [-0.1, -0.05) is 80.1 Å². The molecule has 2 aliphatic carbocycles. The molecule has 2 aromatic heterocycles. The summed E-state index contributed by atoms with van der Waals surface area (Å²) in [5.74, 6) is 1.13. The number of hydrogen-bond acceptors (Lipinski definition) is 5. The molecule has 0 radical (unpaired) electrons. The molecule has 0 aliphatic heterocycles. The second-order valence-corrected chi connectivity index (χ2v) is 13.2. The minimum Gasteiger partial charge on any atom is -0.473 e. The van der Waals surface area contributed by atoms with E-state index in [1.807, 2.05) is 36.4 Å². The first-order valence-electron chi connectivity index (χ1n) is 16.9. The highest BCUT2D eigenvalue weighted by molar-refractivity contribution is 6.31. The molecule has 0 bridgehead atoms. The van der Waals surface area contributed by atoms with E-state index in [-0.39, 0.29) is 6.04 Å². The van der Waals surface area contributed by atoms with Crippen LogP contribution in [0.5, 0.6) is 5.88 Å². The quantitative estimate of drug-likeness (QED) is 0.139. The van der Waals surface area contributed by atoms with Crippen LogP contribution in [0.25, 0.3) is 10.9 Å². The van der Waals surface area contributed by atoms with Gasteiger partial charge in [-0.05, 0) is 92.7 Å². The average Bonchev–Trinajstić information content (AvgIpc) is 3.06. The lowest BCUT2D eigenvalue weighted by Gasteiger charge is -2.30. The van der Waals surface area contributed by atoms with E-state index >= 15 is 0 Å². The molecule has 4 aromatic rings. The van der Waals surface area contributed by atoms with Crippen molar-refractivity contribution in [2.45, 2.75) is 108 Å². The van der Waals surface area contributed by atoms with Crippen LogP contribution in [-0.4, -0.2) is 22.6 Å². The molecule has 2 aromatic carbocycles. The van der Waals surface area contributed by atoms with E-state index in [1.165, 1.54) is 85.0 Å². The Morgan fingerprint density at radius 2 is 1.64 bits per heavy atom. The molecule has 1 unspecified atom stereocenters. The maximum Gasteiger partial charge on any atom is 0.213 e. The summed E-state index contributed by atoms with van der Waals surface area (Å²) >= 11 is 6.29. The van der Waals surface area contributed by atoms with Gasteiger partial charge in [0.2, 0.25) is 5.88 Å². The van der Waals surface area contributed by atoms with Gasteiger partial charge in [0.15, 0.2) is 0 Å². The number of nitrogens with two attached hydrogens (primary N) is 1. The first-order chi connectivity index (χ1) is 21.7. The maximum absolute atomic E-state index is 6.79. The molecule has 6 rings (SSSR count). The molecule has 0 fully saturated rings. The molecule has 3 N–H and O–H groups in total. The number of ether oxygens (including phenoxy) is 1. The Bertz CT molecular complexity index is 1520. The normalized spacial score (nSPS) is 16.7. The molecular weight excluding hydrogens is 564 g/mol. The van der Waals surface area contributed by atoms with E-state index in [0.717, 1.165) is 67.1 Å². The SMILES string of the molecule is N[C@H](CCCCCCCCNc1c2c(nc3cc(Cl)ccc13)CCCC2)C1CCCc2nc(OCc3ccccc3)ccc21. The van der Waals surface area contributed by atoms with Crippen molar-refractivity contribution in [1.82, 2.24) is 9.97 Å². The zero-order valence-electron chi connectivity index (χ0n) is 26.0. The molecule has 5 nitrogen and oxygen atoms in total. The number of anilines is 1. The number of nitrogens with zero attached hydrogens (tertiary/aromatic N) is 2. The van der Waals surface area contributed by atoms with Crippen molar-refractivity contribution in [2.75, 3.05) is 11.9 Å². The number of nitrogens with one attached hydrogen (secondary N) is 1. The molecule has 0 spiro atoms. The number of benzene rings is 2. The van der Waals surface area contributed by atoms with Gasteiger partial charge in [-0.3, -0.25) is 4.98 Å². The number of halogens is 1. The number of unbranched alkanes of at least 4 members (excludes halogenated alkanes) is 5. The summed E-state index contributed by atoms with van der Waals surface area (Å²) in [4.78, 5) is 9.83. The van der Waals surface area contributed by atoms with Crippen LogP contribution >= 0.6 is 11.6 Å². The van der Waals surface area contributed by atoms with Crippen LogP contribution in [-0.2, 0) is 25.9 Å². The second-order valence-electron chi connectivity index (χ2n) is 12.7. The number of fused-ring (bicyclic) bond motifs is 3. The third-order valence-corrected chi connectivity index (χ3v) is 9.78. The molecule has 2 atom stereocenters. The number of pyridine rings is 2. The van der Waals surface area contributed by atoms with Gasteiger partial charge in [0, 0.05) is 52.1 Å². The monoisotopic (exact) mass is 610 g/mol. The zero-order valence-corrected chi connectivity index (χ0v) is 26.8. The highest BCUT2D eigenvalue weighted by atomic mass is 35.5. The standard InChI is InChI=1S/C38H47ClN4O/c39-28-20-21-32-36(25-28)42-35-18-10-9-15-31(35)38(32)41-24-11-4-2-1-3-8-17-33(40)29-16-12-19-34-30(29)22-23-37(43-34)44-26-27-13-6-5-7-14-27/h5-7,13-14,20-23,25,29,33H,1-4,8-12,15-19,24,26,40H2,(H,41,42)/t29?,33-/m1/s1. The fourth-order valence-electron chi connectivity index (χ4n) is 7.16. The van der Waals surface area contributed by atoms with Crippen molar-refractivity contribution >= 4 is 28.2 Å². The summed E-state index contributed by atoms with van der Waals surface area (Å²) in [5.41, 5.74) is 15.5. The molecule has 44 heavy (non-hydrogen) atoms. The van der Waals surface area contributed by atoms with Crippen LogP contribution in [0.15, 0.2) is 60.7 Å². The van der Waals surface area contributed by atoms with E-state index in [0.29, 0.717) is 12.5 Å². The predicted molar refractivity (Wildman–Crippen MR) is 183 cm³/mol. The van der Waals surface area contributed by atoms with Gasteiger partial charge in [-0.15, -0.1) is 0 Å². The van der Waals surface area contributed by atoms with Gasteiger partial charge in [-0.25, -0.2) is 4.98 Å². The van der Waals surface area contributed by atoms with Crippen molar-refractivity contribution in [3.63, 3.8) is 0 Å². The molecule has 2 aliphatic rings. The Hall–Kier alpha value is -3.15. The molecule has 0 amide bonds. The summed E-state index contributed by atoms with van der Waals surface area (Å²) in [7, 11) is 0. The lowest BCUT2D eigenvalue weighted by atomic mass is 9.79. The van der Waals surface area contributed by atoms with Gasteiger partial charge < -0.3 is 15.8 Å². The van der Waals surface area contributed by atoms with Crippen LogP contribution in [0.4, 0.5) is 5.69 Å². The Kier molecular flexibility index (Phi) is 10.7. The van der Waals surface area contributed by atoms with E-state index in [2.05, 4.69) is 29.6 Å². The van der Waals surface area contributed by atoms with Crippen LogP contribution in [0, 0.1) is 0 Å². The molecular formula is C38H47ClN4O. The Morgan fingerprint density at radius 3 is 2.52 bits per heavy atom. The van der Waals surface area contributed by atoms with Crippen molar-refractivity contribution in [3.05, 3.63) is 93.8 Å². The number of aromatic nitrogens is 2. The Balaban J connectivity index is 0.904. The van der Waals surface area contributed by atoms with Crippen molar-refractivity contribution in [1.29, 1.82) is 0 Å². The van der Waals surface area contributed by atoms with Crippen LogP contribution in [0.3, 0.4) is 0 Å². The van der Waals surface area contributed by atoms with E-state index in [1.54, 1.807) is 0 Å². The average molecular weight is 611 g/mol. The van der Waals surface area contributed by atoms with Gasteiger partial charge in [0.1, 0.15) is 6.61 Å². The third-order valence-electron chi connectivity index (χ3n) is 9.55. The van der Waals surface area contributed by atoms with Crippen molar-refractivity contribution < 1.29 is 4.74 Å². The third kappa shape index (κ3) is 7.73. The van der Waals surface area contributed by atoms with E-state index in [4.69, 9.17) is 32.0 Å². The number of hydrogen-bond donors (Lipinski definition) is 2. The smallest absolute Gasteiger partial charge is 0.213 e. The summed E-state index contributed by atoms with van der Waals surface area (Å²) in [6.07, 6.45) is 16.6. The van der Waals surface area contributed by atoms with Gasteiger partial charge in [0.25, 0.3) is 0 Å². The molecule has 0 saturated heterocycles. The summed E-state index contributed by atoms with van der Waals surface area (Å²) < 4.78 is 5.99. The highest BCUT2D eigenvalue weighted by Crippen LogP contribution is 2.36. The summed E-state index contributed by atoms with van der Waals surface area (Å²) in [5, 5.41) is 5.77. The molecule has 232 valence electrons. The Labute approximate surface area is 268 Å². The second kappa shape index (κ2) is 15.2. The molecule has 2 heterocycles. The van der Waals surface area contributed by atoms with Gasteiger partial charge in [-0.2, -0.15) is 0 Å². The van der Waals surface area contributed by atoms with Crippen molar-refractivity contribution in [2.24, 2.45) is 5.73 Å². The fraction of sp³-hybridized carbons (Fsp3) is 0.474. The minimum atomic E-state index is 0.201. The highest BCUT2D eigenvalue weighted by Gasteiger charge is 2.26. The predicted octanol–water partition coefficient (Wildman–Crippen LogP) is 9.33. The van der Waals surface area contributed by atoms with Crippen LogP contribution < -0.4 is 15.8 Å². The van der Waals surface area contributed by atoms with Crippen LogP contribution in [0.1, 0.15) is 105 Å². The molecule has 0 saturated carbocycles. The molecule has 6 heteroatoms. The maximum atomic E-state index is 6.79.